The van der Waals surface area contributed by atoms with E-state index in [0.29, 0.717) is 5.75 Å². The van der Waals surface area contributed by atoms with E-state index in [1.165, 1.54) is 13.3 Å². The number of hydrogen-bond acceptors (Lipinski definition) is 4. The van der Waals surface area contributed by atoms with Crippen molar-refractivity contribution in [3.05, 3.63) is 16.9 Å². The average Bonchev–Trinajstić information content (AvgIpc) is 2.04. The zero-order valence-corrected chi connectivity index (χ0v) is 6.46. The van der Waals surface area contributed by atoms with E-state index >= 15 is 0 Å². The monoisotopic (exact) mass is 169 g/mol. The van der Waals surface area contributed by atoms with Gasteiger partial charge in [-0.15, -0.1) is 5.10 Å². The zero-order chi connectivity index (χ0) is 8.27. The molecular weight excluding hydrogens is 166 g/mol. The highest BCUT2D eigenvalue weighted by molar-refractivity contribution is 6.30. The Morgan fingerprint density at radius 1 is 1.73 bits per heavy atom. The summed E-state index contributed by atoms with van der Waals surface area (Å²) in [6.07, 6.45) is 1.34. The maximum absolute atomic E-state index is 8.55. The lowest BCUT2D eigenvalue weighted by Gasteiger charge is -1.99. The van der Waals surface area contributed by atoms with Crippen molar-refractivity contribution in [2.75, 3.05) is 7.11 Å². The van der Waals surface area contributed by atoms with Crippen LogP contribution in [-0.4, -0.2) is 17.3 Å². The summed E-state index contributed by atoms with van der Waals surface area (Å²) in [6.45, 7) is 0. The summed E-state index contributed by atoms with van der Waals surface area (Å²) in [5.74, 6) is 0.340. The Kier molecular flexibility index (Phi) is 2.24. The summed E-state index contributed by atoms with van der Waals surface area (Å²) in [5.41, 5.74) is 0.212. The van der Waals surface area contributed by atoms with Crippen LogP contribution in [0.25, 0.3) is 0 Å². The van der Waals surface area contributed by atoms with E-state index in [1.54, 1.807) is 0 Å². The third-order valence-corrected chi connectivity index (χ3v) is 1.37. The average molecular weight is 170 g/mol. The zero-order valence-electron chi connectivity index (χ0n) is 5.71. The van der Waals surface area contributed by atoms with Crippen molar-refractivity contribution in [1.29, 1.82) is 5.26 Å². The molecule has 0 spiro atoms. The number of rotatable bonds is 1. The molecule has 0 fully saturated rings. The molecule has 0 aliphatic heterocycles. The normalized spacial score (nSPS) is 8.82. The lowest BCUT2D eigenvalue weighted by Crippen LogP contribution is -1.92. The van der Waals surface area contributed by atoms with Crippen LogP contribution in [0.4, 0.5) is 0 Å². The van der Waals surface area contributed by atoms with E-state index in [0.717, 1.165) is 0 Å². The lowest BCUT2D eigenvalue weighted by atomic mass is 10.3. The second kappa shape index (κ2) is 3.17. The van der Waals surface area contributed by atoms with Crippen LogP contribution >= 0.6 is 11.6 Å². The van der Waals surface area contributed by atoms with Crippen LogP contribution in [0, 0.1) is 11.3 Å². The van der Waals surface area contributed by atoms with Gasteiger partial charge in [0.15, 0.2) is 10.9 Å². The summed E-state index contributed by atoms with van der Waals surface area (Å²) in [5, 5.41) is 15.6. The summed E-state index contributed by atoms with van der Waals surface area (Å²) in [6, 6.07) is 1.86. The number of nitriles is 1. The first-order valence-corrected chi connectivity index (χ1v) is 3.12. The SMILES string of the molecule is COc1cnnc(Cl)c1C#N. The van der Waals surface area contributed by atoms with E-state index in [-0.39, 0.29) is 10.7 Å². The number of hydrogen-bond donors (Lipinski definition) is 0. The van der Waals surface area contributed by atoms with Crippen LogP contribution in [0.15, 0.2) is 6.20 Å². The molecular formula is C6H4ClN3O. The fourth-order valence-electron chi connectivity index (χ4n) is 0.604. The van der Waals surface area contributed by atoms with Gasteiger partial charge in [0.05, 0.1) is 13.3 Å². The molecule has 0 radical (unpaired) electrons. The Hall–Kier alpha value is -1.34. The molecule has 0 saturated carbocycles. The van der Waals surface area contributed by atoms with E-state index < -0.39 is 0 Å². The van der Waals surface area contributed by atoms with Gasteiger partial charge in [-0.1, -0.05) is 11.6 Å². The molecule has 0 bridgehead atoms. The molecule has 1 heterocycles. The molecule has 56 valence electrons. The van der Waals surface area contributed by atoms with Gasteiger partial charge in [-0.25, -0.2) is 0 Å². The second-order valence-corrected chi connectivity index (χ2v) is 2.05. The van der Waals surface area contributed by atoms with Crippen molar-refractivity contribution in [1.82, 2.24) is 10.2 Å². The van der Waals surface area contributed by atoms with Crippen molar-refractivity contribution in [3.63, 3.8) is 0 Å². The van der Waals surface area contributed by atoms with Gasteiger partial charge in [-0.2, -0.15) is 10.4 Å². The van der Waals surface area contributed by atoms with E-state index in [2.05, 4.69) is 10.2 Å². The van der Waals surface area contributed by atoms with Gasteiger partial charge in [0.2, 0.25) is 0 Å². The Morgan fingerprint density at radius 2 is 2.45 bits per heavy atom. The van der Waals surface area contributed by atoms with Crippen molar-refractivity contribution in [3.8, 4) is 11.8 Å². The number of halogens is 1. The number of nitrogens with zero attached hydrogens (tertiary/aromatic N) is 3. The Labute approximate surface area is 68.4 Å². The maximum Gasteiger partial charge on any atom is 0.173 e. The molecule has 0 aliphatic carbocycles. The smallest absolute Gasteiger partial charge is 0.173 e. The first-order valence-electron chi connectivity index (χ1n) is 2.75. The Morgan fingerprint density at radius 3 is 2.91 bits per heavy atom. The first-order chi connectivity index (χ1) is 5.29. The molecule has 0 N–H and O–H groups in total. The summed E-state index contributed by atoms with van der Waals surface area (Å²) in [7, 11) is 1.44. The Balaban J connectivity index is 3.27. The highest BCUT2D eigenvalue weighted by Crippen LogP contribution is 2.20. The summed E-state index contributed by atoms with van der Waals surface area (Å²) >= 11 is 5.53. The van der Waals surface area contributed by atoms with Crippen LogP contribution in [-0.2, 0) is 0 Å². The highest BCUT2D eigenvalue weighted by Gasteiger charge is 2.07. The van der Waals surface area contributed by atoms with Gasteiger partial charge in [0.1, 0.15) is 11.6 Å². The molecule has 4 nitrogen and oxygen atoms in total. The molecule has 0 unspecified atom stereocenters. The van der Waals surface area contributed by atoms with Gasteiger partial charge in [0.25, 0.3) is 0 Å². The summed E-state index contributed by atoms with van der Waals surface area (Å²) < 4.78 is 4.81. The fourth-order valence-corrected chi connectivity index (χ4v) is 0.783. The van der Waals surface area contributed by atoms with Gasteiger partial charge in [-0.05, 0) is 0 Å². The predicted molar refractivity (Wildman–Crippen MR) is 38.3 cm³/mol. The second-order valence-electron chi connectivity index (χ2n) is 1.69. The minimum Gasteiger partial charge on any atom is -0.494 e. The lowest BCUT2D eigenvalue weighted by molar-refractivity contribution is 0.410. The standard InChI is InChI=1S/C6H4ClN3O/c1-11-5-3-9-10-6(7)4(5)2-8/h3H,1H3. The Bertz CT molecular complexity index is 307. The van der Waals surface area contributed by atoms with E-state index in [9.17, 15) is 0 Å². The molecule has 0 atom stereocenters. The van der Waals surface area contributed by atoms with Gasteiger partial charge in [0, 0.05) is 0 Å². The van der Waals surface area contributed by atoms with Crippen LogP contribution in [0.2, 0.25) is 5.15 Å². The van der Waals surface area contributed by atoms with Crippen molar-refractivity contribution in [2.45, 2.75) is 0 Å². The van der Waals surface area contributed by atoms with Crippen molar-refractivity contribution < 1.29 is 4.74 Å². The van der Waals surface area contributed by atoms with E-state index in [1.807, 2.05) is 6.07 Å². The fraction of sp³-hybridized carbons (Fsp3) is 0.167. The van der Waals surface area contributed by atoms with E-state index in [4.69, 9.17) is 21.6 Å². The third kappa shape index (κ3) is 1.38. The molecule has 5 heteroatoms. The van der Waals surface area contributed by atoms with Crippen LogP contribution in [0.3, 0.4) is 0 Å². The largest absolute Gasteiger partial charge is 0.494 e. The van der Waals surface area contributed by atoms with Gasteiger partial charge in [-0.3, -0.25) is 0 Å². The first kappa shape index (κ1) is 7.76. The number of methoxy groups -OCH3 is 1. The molecule has 1 aromatic rings. The quantitative estimate of drug-likeness (QED) is 0.630. The number of ether oxygens (including phenoxy) is 1. The van der Waals surface area contributed by atoms with Gasteiger partial charge < -0.3 is 4.74 Å². The predicted octanol–water partition coefficient (Wildman–Crippen LogP) is 1.01. The molecule has 1 aromatic heterocycles. The minimum atomic E-state index is 0.0619. The number of aromatic nitrogens is 2. The summed E-state index contributed by atoms with van der Waals surface area (Å²) in [4.78, 5) is 0. The minimum absolute atomic E-state index is 0.0619. The molecule has 1 rings (SSSR count). The van der Waals surface area contributed by atoms with Crippen molar-refractivity contribution in [2.24, 2.45) is 0 Å². The van der Waals surface area contributed by atoms with Crippen LogP contribution in [0.1, 0.15) is 5.56 Å². The topological polar surface area (TPSA) is 58.8 Å². The molecule has 0 aromatic carbocycles. The molecule has 0 amide bonds. The molecule has 11 heavy (non-hydrogen) atoms. The van der Waals surface area contributed by atoms with Crippen molar-refractivity contribution >= 4 is 11.6 Å². The highest BCUT2D eigenvalue weighted by atomic mass is 35.5. The maximum atomic E-state index is 8.55. The third-order valence-electron chi connectivity index (χ3n) is 1.10. The van der Waals surface area contributed by atoms with Crippen LogP contribution in [0.5, 0.6) is 5.75 Å². The molecule has 0 aliphatic rings. The van der Waals surface area contributed by atoms with Crippen LogP contribution < -0.4 is 4.74 Å². The van der Waals surface area contributed by atoms with Gasteiger partial charge >= 0.3 is 0 Å². The molecule has 0 saturated heterocycles.